The summed E-state index contributed by atoms with van der Waals surface area (Å²) in [5.41, 5.74) is 15.0. The maximum Gasteiger partial charge on any atom is 0.235 e. The van der Waals surface area contributed by atoms with Crippen LogP contribution in [0.15, 0.2) is 176 Å². The fourth-order valence-electron chi connectivity index (χ4n) is 7.51. The van der Waals surface area contributed by atoms with Crippen LogP contribution in [0.3, 0.4) is 0 Å². The topological polar surface area (TPSA) is 32.3 Å². The van der Waals surface area contributed by atoms with Crippen LogP contribution in [0.5, 0.6) is 0 Å². The Morgan fingerprint density at radius 1 is 0.519 bits per heavy atom. The summed E-state index contributed by atoms with van der Waals surface area (Å²) >= 11 is 0. The number of nitrogens with zero attached hydrogens (tertiary/aromatic N) is 4. The molecular formula is C48H40N4. The van der Waals surface area contributed by atoms with Gasteiger partial charge in [0.25, 0.3) is 0 Å². The molecular weight excluding hydrogens is 633 g/mol. The molecule has 0 saturated carbocycles. The second-order valence-electron chi connectivity index (χ2n) is 13.6. The lowest BCUT2D eigenvalue weighted by Gasteiger charge is -2.26. The Balaban J connectivity index is 1.03. The summed E-state index contributed by atoms with van der Waals surface area (Å²) in [4.78, 5) is 15.1. The van der Waals surface area contributed by atoms with E-state index in [4.69, 9.17) is 9.97 Å². The van der Waals surface area contributed by atoms with Crippen molar-refractivity contribution >= 4 is 28.6 Å². The van der Waals surface area contributed by atoms with Gasteiger partial charge in [0.15, 0.2) is 0 Å². The van der Waals surface area contributed by atoms with E-state index in [1.807, 2.05) is 6.07 Å². The molecule has 0 atom stereocenters. The number of para-hydroxylation sites is 1. The van der Waals surface area contributed by atoms with Gasteiger partial charge in [0, 0.05) is 34.9 Å². The highest BCUT2D eigenvalue weighted by molar-refractivity contribution is 5.80. The summed E-state index contributed by atoms with van der Waals surface area (Å²) in [7, 11) is 0. The average Bonchev–Trinajstić information content (AvgIpc) is 3.67. The standard InChI is InChI=1S/C48H40N4/c1-4-13-38(14-5-1)45-34-46(39-15-6-2-7-16-39)50-48(49-45)52(42-19-8-3-9-20-42)43-29-27-36(28-30-43)35-23-25-37(26-24-35)41-18-12-21-44(33-41)51-32-31-40-17-10-11-22-47(40)51/h1,4-6,8,10-30,33-34H,2-3,7,9,31-32H2. The maximum atomic E-state index is 5.21. The van der Waals surface area contributed by atoms with Gasteiger partial charge >= 0.3 is 0 Å². The fraction of sp³-hybridized carbons (Fsp3) is 0.125. The van der Waals surface area contributed by atoms with Crippen molar-refractivity contribution in [2.45, 2.75) is 32.1 Å². The summed E-state index contributed by atoms with van der Waals surface area (Å²) in [5.74, 6) is 0.672. The van der Waals surface area contributed by atoms with Crippen molar-refractivity contribution in [1.82, 2.24) is 9.97 Å². The van der Waals surface area contributed by atoms with Crippen molar-refractivity contribution in [2.24, 2.45) is 0 Å². The molecule has 2 heterocycles. The highest BCUT2D eigenvalue weighted by atomic mass is 15.3. The third-order valence-electron chi connectivity index (χ3n) is 10.2. The molecule has 9 rings (SSSR count). The summed E-state index contributed by atoms with van der Waals surface area (Å²) < 4.78 is 0. The molecule has 1 aliphatic heterocycles. The van der Waals surface area contributed by atoms with Gasteiger partial charge in [-0.05, 0) is 108 Å². The van der Waals surface area contributed by atoms with E-state index in [0.29, 0.717) is 5.95 Å². The molecule has 3 aliphatic rings. The lowest BCUT2D eigenvalue weighted by Crippen LogP contribution is -2.19. The van der Waals surface area contributed by atoms with Gasteiger partial charge in [0.2, 0.25) is 5.95 Å². The number of hydrogen-bond acceptors (Lipinski definition) is 4. The Labute approximate surface area is 306 Å². The fourth-order valence-corrected chi connectivity index (χ4v) is 7.51. The molecule has 2 aliphatic carbocycles. The van der Waals surface area contributed by atoms with Crippen molar-refractivity contribution in [3.8, 4) is 33.5 Å². The van der Waals surface area contributed by atoms with Gasteiger partial charge in [-0.25, -0.2) is 9.97 Å². The smallest absolute Gasteiger partial charge is 0.235 e. The molecule has 0 bridgehead atoms. The molecule has 4 nitrogen and oxygen atoms in total. The van der Waals surface area contributed by atoms with Crippen LogP contribution in [0.4, 0.5) is 23.0 Å². The lowest BCUT2D eigenvalue weighted by molar-refractivity contribution is 0.970. The zero-order chi connectivity index (χ0) is 34.7. The summed E-state index contributed by atoms with van der Waals surface area (Å²) in [5, 5.41) is 0. The Hall–Kier alpha value is -6.26. The van der Waals surface area contributed by atoms with Crippen molar-refractivity contribution in [3.05, 3.63) is 187 Å². The molecule has 6 aromatic rings. The van der Waals surface area contributed by atoms with Crippen LogP contribution in [0.25, 0.3) is 39.1 Å². The van der Waals surface area contributed by atoms with Crippen LogP contribution in [0.1, 0.15) is 36.9 Å². The summed E-state index contributed by atoms with van der Waals surface area (Å²) in [6.45, 7) is 1.02. The molecule has 0 amide bonds. The molecule has 1 aromatic heterocycles. The molecule has 252 valence electrons. The Morgan fingerprint density at radius 3 is 1.94 bits per heavy atom. The first-order valence-corrected chi connectivity index (χ1v) is 18.4. The van der Waals surface area contributed by atoms with Gasteiger partial charge < -0.3 is 4.90 Å². The zero-order valence-electron chi connectivity index (χ0n) is 29.2. The SMILES string of the molecule is C1=CC(c2cc(-c3ccccc3)nc(N(C3=CCCC=C3)c3ccc(-c4ccc(-c5cccc(N6CCc7ccccc76)c5)cc4)cc3)n2)=CCC1. The minimum absolute atomic E-state index is 0.672. The van der Waals surface area contributed by atoms with E-state index in [-0.39, 0.29) is 0 Å². The molecule has 52 heavy (non-hydrogen) atoms. The van der Waals surface area contributed by atoms with Gasteiger partial charge in [-0.1, -0.05) is 127 Å². The number of aromatic nitrogens is 2. The molecule has 0 spiro atoms. The van der Waals surface area contributed by atoms with E-state index < -0.39 is 0 Å². The normalized spacial score (nSPS) is 14.9. The zero-order valence-corrected chi connectivity index (χ0v) is 29.2. The summed E-state index contributed by atoms with van der Waals surface area (Å²) in [6, 6.07) is 48.0. The van der Waals surface area contributed by atoms with Crippen molar-refractivity contribution in [1.29, 1.82) is 0 Å². The van der Waals surface area contributed by atoms with Crippen LogP contribution >= 0.6 is 0 Å². The van der Waals surface area contributed by atoms with E-state index in [0.717, 1.165) is 72.6 Å². The van der Waals surface area contributed by atoms with Crippen LogP contribution < -0.4 is 9.80 Å². The van der Waals surface area contributed by atoms with Crippen LogP contribution in [0, 0.1) is 0 Å². The lowest BCUT2D eigenvalue weighted by atomic mass is 9.99. The number of hydrogen-bond donors (Lipinski definition) is 0. The molecule has 0 fully saturated rings. The minimum Gasteiger partial charge on any atom is -0.341 e. The van der Waals surface area contributed by atoms with Crippen molar-refractivity contribution in [3.63, 3.8) is 0 Å². The first-order valence-electron chi connectivity index (χ1n) is 18.4. The molecule has 0 N–H and O–H groups in total. The predicted molar refractivity (Wildman–Crippen MR) is 217 cm³/mol. The van der Waals surface area contributed by atoms with Gasteiger partial charge in [0.1, 0.15) is 0 Å². The molecule has 0 saturated heterocycles. The first kappa shape index (κ1) is 31.7. The van der Waals surface area contributed by atoms with Crippen LogP contribution in [0.2, 0.25) is 0 Å². The number of benzene rings is 5. The van der Waals surface area contributed by atoms with Gasteiger partial charge in [-0.3, -0.25) is 4.90 Å². The predicted octanol–water partition coefficient (Wildman–Crippen LogP) is 12.3. The maximum absolute atomic E-state index is 5.21. The largest absolute Gasteiger partial charge is 0.341 e. The van der Waals surface area contributed by atoms with E-state index in [2.05, 4.69) is 174 Å². The Morgan fingerprint density at radius 2 is 1.19 bits per heavy atom. The highest BCUT2D eigenvalue weighted by Crippen LogP contribution is 2.38. The quantitative estimate of drug-likeness (QED) is 0.161. The third kappa shape index (κ3) is 6.40. The third-order valence-corrected chi connectivity index (χ3v) is 10.2. The van der Waals surface area contributed by atoms with Crippen molar-refractivity contribution in [2.75, 3.05) is 16.3 Å². The van der Waals surface area contributed by atoms with Crippen LogP contribution in [-0.4, -0.2) is 16.5 Å². The molecule has 0 unspecified atom stereocenters. The molecule has 5 aromatic carbocycles. The number of rotatable bonds is 8. The van der Waals surface area contributed by atoms with E-state index in [1.165, 1.54) is 39.2 Å². The Kier molecular flexibility index (Phi) is 8.63. The number of fused-ring (bicyclic) bond motifs is 1. The number of allylic oxidation sites excluding steroid dienone is 7. The van der Waals surface area contributed by atoms with E-state index >= 15 is 0 Å². The van der Waals surface area contributed by atoms with E-state index in [1.54, 1.807) is 0 Å². The van der Waals surface area contributed by atoms with Gasteiger partial charge in [-0.2, -0.15) is 0 Å². The monoisotopic (exact) mass is 672 g/mol. The highest BCUT2D eigenvalue weighted by Gasteiger charge is 2.22. The van der Waals surface area contributed by atoms with Crippen molar-refractivity contribution < 1.29 is 0 Å². The first-order chi connectivity index (χ1) is 25.8. The van der Waals surface area contributed by atoms with E-state index in [9.17, 15) is 0 Å². The summed E-state index contributed by atoms with van der Waals surface area (Å²) in [6.07, 6.45) is 18.6. The number of anilines is 4. The van der Waals surface area contributed by atoms with Gasteiger partial charge in [-0.15, -0.1) is 0 Å². The van der Waals surface area contributed by atoms with Crippen LogP contribution in [-0.2, 0) is 6.42 Å². The van der Waals surface area contributed by atoms with Gasteiger partial charge in [0.05, 0.1) is 11.4 Å². The second kappa shape index (κ2) is 14.2. The average molecular weight is 673 g/mol. The second-order valence-corrected chi connectivity index (χ2v) is 13.6. The molecule has 4 heteroatoms. The Bertz CT molecular complexity index is 2350. The minimum atomic E-state index is 0.672. The molecule has 0 radical (unpaired) electrons.